The van der Waals surface area contributed by atoms with Gasteiger partial charge in [-0.1, -0.05) is 36.4 Å². The Morgan fingerprint density at radius 1 is 1.19 bits per heavy atom. The van der Waals surface area contributed by atoms with Gasteiger partial charge in [-0.25, -0.2) is 0 Å². The highest BCUT2D eigenvalue weighted by Gasteiger charge is 2.14. The first-order valence-electron chi connectivity index (χ1n) is 6.86. The Morgan fingerprint density at radius 2 is 1.90 bits per heavy atom. The van der Waals surface area contributed by atoms with Crippen molar-refractivity contribution in [3.8, 4) is 0 Å². The maximum absolute atomic E-state index is 11.1. The zero-order valence-corrected chi connectivity index (χ0v) is 12.0. The highest BCUT2D eigenvalue weighted by Crippen LogP contribution is 2.26. The Hall–Kier alpha value is -2.40. The number of anilines is 1. The summed E-state index contributed by atoms with van der Waals surface area (Å²) in [6.07, 6.45) is 0. The van der Waals surface area contributed by atoms with E-state index < -0.39 is 0 Å². The molecule has 2 aromatic carbocycles. The van der Waals surface area contributed by atoms with Gasteiger partial charge in [0.1, 0.15) is 0 Å². The summed E-state index contributed by atoms with van der Waals surface area (Å²) in [7, 11) is 0. The summed E-state index contributed by atoms with van der Waals surface area (Å²) in [5, 5.41) is 11.1. The van der Waals surface area contributed by atoms with Crippen LogP contribution in [0.2, 0.25) is 0 Å². The molecule has 0 fully saturated rings. The number of nitro groups is 1. The minimum Gasteiger partial charge on any atom is -0.366 e. The lowest BCUT2D eigenvalue weighted by molar-refractivity contribution is -0.385. The summed E-state index contributed by atoms with van der Waals surface area (Å²) < 4.78 is 0. The molecule has 21 heavy (non-hydrogen) atoms. The molecular formula is C16H19N3O2. The molecule has 2 aromatic rings. The van der Waals surface area contributed by atoms with Crippen LogP contribution in [-0.2, 0) is 6.54 Å². The lowest BCUT2D eigenvalue weighted by atomic mass is 10.1. The molecule has 0 aromatic heterocycles. The summed E-state index contributed by atoms with van der Waals surface area (Å²) in [5.74, 6) is 0. The lowest BCUT2D eigenvalue weighted by Crippen LogP contribution is -2.29. The molecule has 0 bridgehead atoms. The van der Waals surface area contributed by atoms with Crippen LogP contribution < -0.4 is 10.6 Å². The molecule has 0 amide bonds. The Balaban J connectivity index is 2.29. The van der Waals surface area contributed by atoms with Crippen LogP contribution in [0.25, 0.3) is 0 Å². The second-order valence-corrected chi connectivity index (χ2v) is 4.92. The molecule has 5 nitrogen and oxygen atoms in total. The van der Waals surface area contributed by atoms with Crippen LogP contribution in [0.1, 0.15) is 11.1 Å². The Bertz CT molecular complexity index is 614. The average molecular weight is 285 g/mol. The van der Waals surface area contributed by atoms with E-state index in [9.17, 15) is 10.1 Å². The van der Waals surface area contributed by atoms with E-state index in [2.05, 4.69) is 4.90 Å². The monoisotopic (exact) mass is 285 g/mol. The number of aryl methyl sites for hydroxylation is 1. The van der Waals surface area contributed by atoms with E-state index in [0.29, 0.717) is 25.2 Å². The molecular weight excluding hydrogens is 266 g/mol. The van der Waals surface area contributed by atoms with Gasteiger partial charge in [0, 0.05) is 37.0 Å². The first kappa shape index (κ1) is 15.0. The van der Waals surface area contributed by atoms with Gasteiger partial charge in [-0.05, 0) is 18.6 Å². The maximum Gasteiger partial charge on any atom is 0.274 e. The van der Waals surface area contributed by atoms with Gasteiger partial charge in [-0.2, -0.15) is 0 Å². The van der Waals surface area contributed by atoms with Gasteiger partial charge in [0.2, 0.25) is 0 Å². The van der Waals surface area contributed by atoms with Crippen molar-refractivity contribution < 1.29 is 4.92 Å². The van der Waals surface area contributed by atoms with Crippen molar-refractivity contribution in [2.24, 2.45) is 5.73 Å². The van der Waals surface area contributed by atoms with Crippen molar-refractivity contribution in [2.45, 2.75) is 13.5 Å². The molecule has 0 spiro atoms. The second-order valence-electron chi connectivity index (χ2n) is 4.92. The number of hydrogen-bond donors (Lipinski definition) is 1. The second kappa shape index (κ2) is 6.85. The predicted molar refractivity (Wildman–Crippen MR) is 84.4 cm³/mol. The first-order valence-corrected chi connectivity index (χ1v) is 6.86. The van der Waals surface area contributed by atoms with Crippen molar-refractivity contribution >= 4 is 11.4 Å². The molecule has 0 aliphatic rings. The largest absolute Gasteiger partial charge is 0.366 e. The van der Waals surface area contributed by atoms with E-state index in [1.165, 1.54) is 0 Å². The molecule has 0 radical (unpaired) electrons. The van der Waals surface area contributed by atoms with Crippen molar-refractivity contribution in [3.63, 3.8) is 0 Å². The first-order chi connectivity index (χ1) is 10.1. The third-order valence-corrected chi connectivity index (χ3v) is 3.37. The average Bonchev–Trinajstić information content (AvgIpc) is 2.48. The number of rotatable bonds is 6. The minimum absolute atomic E-state index is 0.141. The quantitative estimate of drug-likeness (QED) is 0.654. The lowest BCUT2D eigenvalue weighted by Gasteiger charge is -2.24. The van der Waals surface area contributed by atoms with Crippen molar-refractivity contribution in [2.75, 3.05) is 18.0 Å². The number of nitro benzene ring substituents is 1. The van der Waals surface area contributed by atoms with E-state index in [1.54, 1.807) is 19.1 Å². The van der Waals surface area contributed by atoms with Gasteiger partial charge in [0.25, 0.3) is 5.69 Å². The van der Waals surface area contributed by atoms with Gasteiger partial charge in [0.15, 0.2) is 0 Å². The fourth-order valence-corrected chi connectivity index (χ4v) is 2.25. The molecule has 2 rings (SSSR count). The number of benzene rings is 2. The molecule has 5 heteroatoms. The van der Waals surface area contributed by atoms with Crippen LogP contribution in [-0.4, -0.2) is 18.0 Å². The molecule has 0 saturated heterocycles. The maximum atomic E-state index is 11.1. The molecule has 0 aliphatic heterocycles. The Morgan fingerprint density at radius 3 is 2.52 bits per heavy atom. The smallest absolute Gasteiger partial charge is 0.274 e. The van der Waals surface area contributed by atoms with Crippen LogP contribution in [0, 0.1) is 17.0 Å². The van der Waals surface area contributed by atoms with Crippen LogP contribution in [0.3, 0.4) is 0 Å². The highest BCUT2D eigenvalue weighted by atomic mass is 16.6. The predicted octanol–water partition coefficient (Wildman–Crippen LogP) is 2.87. The third-order valence-electron chi connectivity index (χ3n) is 3.37. The molecule has 0 atom stereocenters. The van der Waals surface area contributed by atoms with Gasteiger partial charge < -0.3 is 10.6 Å². The molecule has 2 N–H and O–H groups in total. The molecule has 0 aliphatic carbocycles. The van der Waals surface area contributed by atoms with Crippen LogP contribution in [0.5, 0.6) is 0 Å². The fourth-order valence-electron chi connectivity index (χ4n) is 2.25. The van der Waals surface area contributed by atoms with Crippen LogP contribution in [0.4, 0.5) is 11.4 Å². The van der Waals surface area contributed by atoms with E-state index >= 15 is 0 Å². The number of hydrogen-bond acceptors (Lipinski definition) is 4. The zero-order chi connectivity index (χ0) is 15.2. The van der Waals surface area contributed by atoms with Crippen LogP contribution in [0.15, 0.2) is 48.5 Å². The topological polar surface area (TPSA) is 72.4 Å². The van der Waals surface area contributed by atoms with Gasteiger partial charge in [-0.3, -0.25) is 10.1 Å². The van der Waals surface area contributed by atoms with Crippen LogP contribution >= 0.6 is 0 Å². The van der Waals surface area contributed by atoms with Gasteiger partial charge in [0.05, 0.1) is 4.92 Å². The van der Waals surface area contributed by atoms with Crippen molar-refractivity contribution in [1.82, 2.24) is 0 Å². The van der Waals surface area contributed by atoms with Gasteiger partial charge in [-0.15, -0.1) is 0 Å². The summed E-state index contributed by atoms with van der Waals surface area (Å²) in [6, 6.07) is 15.3. The fraction of sp³-hybridized carbons (Fsp3) is 0.250. The zero-order valence-electron chi connectivity index (χ0n) is 12.0. The summed E-state index contributed by atoms with van der Waals surface area (Å²) in [6.45, 7) is 3.56. The Kier molecular flexibility index (Phi) is 4.90. The van der Waals surface area contributed by atoms with Gasteiger partial charge >= 0.3 is 0 Å². The van der Waals surface area contributed by atoms with E-state index in [0.717, 1.165) is 11.3 Å². The summed E-state index contributed by atoms with van der Waals surface area (Å²) >= 11 is 0. The highest BCUT2D eigenvalue weighted by molar-refractivity contribution is 5.56. The molecule has 0 unspecified atom stereocenters. The van der Waals surface area contributed by atoms with Crippen molar-refractivity contribution in [3.05, 3.63) is 69.8 Å². The summed E-state index contributed by atoms with van der Waals surface area (Å²) in [5.41, 5.74) is 8.45. The number of nitrogens with zero attached hydrogens (tertiary/aromatic N) is 2. The normalized spacial score (nSPS) is 10.4. The molecule has 110 valence electrons. The Labute approximate surface area is 124 Å². The standard InChI is InChI=1S/C16H19N3O2/c1-13-7-8-15(11-16(13)19(20)21)18(10-9-17)12-14-5-3-2-4-6-14/h2-8,11H,9-10,12,17H2,1H3. The minimum atomic E-state index is -0.345. The van der Waals surface area contributed by atoms with E-state index in [1.807, 2.05) is 36.4 Å². The number of nitrogens with two attached hydrogens (primary N) is 1. The van der Waals surface area contributed by atoms with Crippen molar-refractivity contribution in [1.29, 1.82) is 0 Å². The summed E-state index contributed by atoms with van der Waals surface area (Å²) in [4.78, 5) is 12.8. The third kappa shape index (κ3) is 3.79. The SMILES string of the molecule is Cc1ccc(N(CCN)Cc2ccccc2)cc1[N+](=O)[O-]. The molecule has 0 heterocycles. The van der Waals surface area contributed by atoms with E-state index in [-0.39, 0.29) is 10.6 Å². The molecule has 0 saturated carbocycles. The van der Waals surface area contributed by atoms with E-state index in [4.69, 9.17) is 5.73 Å².